The minimum atomic E-state index is -0.690. The number of amides is 1. The van der Waals surface area contributed by atoms with Gasteiger partial charge in [-0.05, 0) is 34.6 Å². The molecule has 0 fully saturated rings. The second-order valence-corrected chi connectivity index (χ2v) is 7.42. The molecule has 38 heavy (non-hydrogen) atoms. The molecule has 4 aromatic rings. The smallest absolute Gasteiger partial charge is 0.308 e. The second kappa shape index (κ2) is 11.5. The molecule has 0 aliphatic heterocycles. The number of benzene rings is 2. The van der Waals surface area contributed by atoms with Crippen molar-refractivity contribution in [1.29, 1.82) is 0 Å². The fourth-order valence-electron chi connectivity index (χ4n) is 3.22. The molecule has 2 aromatic carbocycles. The molecule has 196 valence electrons. The van der Waals surface area contributed by atoms with Crippen molar-refractivity contribution in [2.45, 2.75) is 13.5 Å². The number of hydrogen-bond acceptors (Lipinski definition) is 13. The third kappa shape index (κ3) is 5.67. The molecule has 0 radical (unpaired) electrons. The van der Waals surface area contributed by atoms with Crippen LogP contribution < -0.4 is 30.1 Å². The summed E-state index contributed by atoms with van der Waals surface area (Å²) in [5.74, 6) is -0.118. The Kier molecular flexibility index (Phi) is 7.76. The molecule has 1 amide bonds. The molecule has 0 saturated carbocycles. The van der Waals surface area contributed by atoms with Crippen LogP contribution >= 0.6 is 0 Å². The number of nitrogens with one attached hydrogen (secondary N) is 1. The molecule has 0 aliphatic carbocycles. The number of aromatic nitrogens is 5. The Labute approximate surface area is 215 Å². The van der Waals surface area contributed by atoms with Gasteiger partial charge in [0, 0.05) is 12.5 Å². The number of carbonyl (C=O) groups is 2. The Hall–Kier alpha value is -5.47. The molecule has 2 aromatic heterocycles. The zero-order chi connectivity index (χ0) is 27.1. The summed E-state index contributed by atoms with van der Waals surface area (Å²) in [5.41, 5.74) is 8.78. The molecular formula is C23H22N8O7. The number of esters is 1. The fourth-order valence-corrected chi connectivity index (χ4v) is 3.22. The molecule has 0 saturated heterocycles. The summed E-state index contributed by atoms with van der Waals surface area (Å²) in [7, 11) is 2.81. The Morgan fingerprint density at radius 2 is 1.84 bits per heavy atom. The van der Waals surface area contributed by atoms with E-state index in [9.17, 15) is 9.59 Å². The van der Waals surface area contributed by atoms with E-state index in [1.807, 2.05) is 6.07 Å². The van der Waals surface area contributed by atoms with E-state index >= 15 is 0 Å². The predicted octanol–water partition coefficient (Wildman–Crippen LogP) is 1.52. The van der Waals surface area contributed by atoms with Crippen molar-refractivity contribution in [3.05, 3.63) is 59.4 Å². The lowest BCUT2D eigenvalue weighted by molar-refractivity contribution is -0.132. The first kappa shape index (κ1) is 25.6. The van der Waals surface area contributed by atoms with Gasteiger partial charge >= 0.3 is 5.97 Å². The summed E-state index contributed by atoms with van der Waals surface area (Å²) in [6.45, 7) is 1.15. The highest BCUT2D eigenvalue weighted by atomic mass is 16.6. The van der Waals surface area contributed by atoms with Gasteiger partial charge in [-0.3, -0.25) is 9.59 Å². The molecule has 2 heterocycles. The molecule has 0 unspecified atom stereocenters. The molecule has 0 spiro atoms. The number of hydrazone groups is 1. The highest BCUT2D eigenvalue weighted by Crippen LogP contribution is 2.38. The normalized spacial score (nSPS) is 10.8. The van der Waals surface area contributed by atoms with Gasteiger partial charge in [0.15, 0.2) is 17.2 Å². The lowest BCUT2D eigenvalue weighted by atomic mass is 10.2. The largest absolute Gasteiger partial charge is 0.493 e. The van der Waals surface area contributed by atoms with Crippen LogP contribution in [0.15, 0.2) is 52.2 Å². The van der Waals surface area contributed by atoms with Gasteiger partial charge in [0.05, 0.1) is 20.4 Å². The van der Waals surface area contributed by atoms with Gasteiger partial charge in [0.2, 0.25) is 17.4 Å². The molecule has 15 heteroatoms. The average molecular weight is 522 g/mol. The van der Waals surface area contributed by atoms with E-state index in [4.69, 9.17) is 24.7 Å². The number of anilines is 1. The van der Waals surface area contributed by atoms with E-state index in [-0.39, 0.29) is 46.9 Å². The molecule has 3 N–H and O–H groups in total. The van der Waals surface area contributed by atoms with Crippen LogP contribution in [0, 0.1) is 0 Å². The number of hydrogen-bond donors (Lipinski definition) is 2. The van der Waals surface area contributed by atoms with Crippen LogP contribution in [-0.2, 0) is 11.4 Å². The highest BCUT2D eigenvalue weighted by Gasteiger charge is 2.24. The van der Waals surface area contributed by atoms with E-state index in [0.29, 0.717) is 11.3 Å². The first-order chi connectivity index (χ1) is 18.4. The quantitative estimate of drug-likeness (QED) is 0.132. The van der Waals surface area contributed by atoms with Crippen molar-refractivity contribution < 1.29 is 33.2 Å². The third-order valence-corrected chi connectivity index (χ3v) is 4.90. The Morgan fingerprint density at radius 3 is 2.45 bits per heavy atom. The molecular weight excluding hydrogens is 500 g/mol. The van der Waals surface area contributed by atoms with Crippen LogP contribution in [0.4, 0.5) is 5.82 Å². The number of carbonyl (C=O) groups excluding carboxylic acids is 2. The summed E-state index contributed by atoms with van der Waals surface area (Å²) < 4.78 is 27.3. The van der Waals surface area contributed by atoms with Gasteiger partial charge in [-0.1, -0.05) is 23.4 Å². The van der Waals surface area contributed by atoms with E-state index in [2.05, 4.69) is 35.8 Å². The summed E-state index contributed by atoms with van der Waals surface area (Å²) >= 11 is 0. The predicted molar refractivity (Wildman–Crippen MR) is 130 cm³/mol. The Bertz CT molecular complexity index is 1440. The number of nitrogens with zero attached hydrogens (tertiary/aromatic N) is 6. The standard InChI is InChI=1S/C23H22N8O7/c1-13(32)37-20-17(34-2)9-14(10-18(20)35-3)11-25-27-23(33)19-16(12-36-15-7-5-4-6-8-15)31(30-26-19)22-21(24)28-38-29-22/h4-11H,12H2,1-3H3,(H2,24,28)(H,27,33)/b25-11+. The zero-order valence-corrected chi connectivity index (χ0v) is 20.4. The molecule has 0 atom stereocenters. The van der Waals surface area contributed by atoms with E-state index in [1.54, 1.807) is 36.4 Å². The summed E-state index contributed by atoms with van der Waals surface area (Å²) in [6.07, 6.45) is 1.34. The minimum absolute atomic E-state index is 0.0405. The fraction of sp³-hybridized carbons (Fsp3) is 0.174. The monoisotopic (exact) mass is 522 g/mol. The summed E-state index contributed by atoms with van der Waals surface area (Å²) in [6, 6.07) is 12.0. The van der Waals surface area contributed by atoms with Gasteiger partial charge in [-0.15, -0.1) is 5.10 Å². The third-order valence-electron chi connectivity index (χ3n) is 4.90. The minimum Gasteiger partial charge on any atom is -0.493 e. The van der Waals surface area contributed by atoms with Crippen molar-refractivity contribution in [2.75, 3.05) is 20.0 Å². The molecule has 4 rings (SSSR count). The molecule has 15 nitrogen and oxygen atoms in total. The van der Waals surface area contributed by atoms with Crippen LogP contribution in [0.2, 0.25) is 0 Å². The van der Waals surface area contributed by atoms with E-state index < -0.39 is 11.9 Å². The maximum Gasteiger partial charge on any atom is 0.308 e. The van der Waals surface area contributed by atoms with Crippen molar-refractivity contribution >= 4 is 23.9 Å². The maximum absolute atomic E-state index is 13.0. The lowest BCUT2D eigenvalue weighted by Gasteiger charge is -2.13. The van der Waals surface area contributed by atoms with Crippen LogP contribution in [0.25, 0.3) is 5.82 Å². The van der Waals surface area contributed by atoms with Gasteiger partial charge in [0.25, 0.3) is 5.91 Å². The van der Waals surface area contributed by atoms with E-state index in [0.717, 1.165) is 0 Å². The van der Waals surface area contributed by atoms with Crippen LogP contribution in [0.1, 0.15) is 28.7 Å². The number of para-hydroxylation sites is 1. The number of ether oxygens (including phenoxy) is 4. The first-order valence-electron chi connectivity index (χ1n) is 10.9. The zero-order valence-electron chi connectivity index (χ0n) is 20.4. The van der Waals surface area contributed by atoms with Gasteiger partial charge in [-0.2, -0.15) is 9.78 Å². The molecule has 0 aliphatic rings. The first-order valence-corrected chi connectivity index (χ1v) is 10.9. The van der Waals surface area contributed by atoms with Crippen LogP contribution in [0.5, 0.6) is 23.0 Å². The number of rotatable bonds is 10. The Morgan fingerprint density at radius 1 is 1.13 bits per heavy atom. The van der Waals surface area contributed by atoms with Crippen molar-refractivity contribution in [3.63, 3.8) is 0 Å². The number of methoxy groups -OCH3 is 2. The average Bonchev–Trinajstić information content (AvgIpc) is 3.53. The van der Waals surface area contributed by atoms with Gasteiger partial charge in [0.1, 0.15) is 18.1 Å². The number of nitrogens with two attached hydrogens (primary N) is 1. The SMILES string of the molecule is COc1cc(/C=N/NC(=O)c2nnn(-c3nonc3N)c2COc2ccccc2)cc(OC)c1OC(C)=O. The highest BCUT2D eigenvalue weighted by molar-refractivity contribution is 5.94. The van der Waals surface area contributed by atoms with Crippen LogP contribution in [0.3, 0.4) is 0 Å². The van der Waals surface area contributed by atoms with E-state index in [1.165, 1.54) is 32.0 Å². The van der Waals surface area contributed by atoms with Crippen molar-refractivity contribution in [3.8, 4) is 28.8 Å². The lowest BCUT2D eigenvalue weighted by Crippen LogP contribution is -2.21. The topological polar surface area (TPSA) is 191 Å². The summed E-state index contributed by atoms with van der Waals surface area (Å²) in [5, 5.41) is 19.1. The maximum atomic E-state index is 13.0. The van der Waals surface area contributed by atoms with Crippen molar-refractivity contribution in [2.24, 2.45) is 5.10 Å². The van der Waals surface area contributed by atoms with Crippen LogP contribution in [-0.4, -0.2) is 57.6 Å². The van der Waals surface area contributed by atoms with Crippen molar-refractivity contribution in [1.82, 2.24) is 30.7 Å². The van der Waals surface area contributed by atoms with Gasteiger partial charge < -0.3 is 24.7 Å². The number of nitrogen functional groups attached to an aromatic ring is 1. The summed E-state index contributed by atoms with van der Waals surface area (Å²) in [4.78, 5) is 24.4. The second-order valence-electron chi connectivity index (χ2n) is 7.42. The Balaban J connectivity index is 1.57. The van der Waals surface area contributed by atoms with Gasteiger partial charge in [-0.25, -0.2) is 10.1 Å². The molecule has 0 bridgehead atoms.